The molecule has 0 aliphatic carbocycles. The molecular formula is C12H12ClN3O5. The lowest BCUT2D eigenvalue weighted by Crippen LogP contribution is -2.29. The first-order valence-electron chi connectivity index (χ1n) is 5.97. The number of nitrogens with zero attached hydrogens (tertiary/aromatic N) is 3. The number of aromatic nitrogens is 2. The van der Waals surface area contributed by atoms with Crippen LogP contribution >= 0.6 is 11.6 Å². The largest absolute Gasteiger partial charge is 0.469 e. The van der Waals surface area contributed by atoms with Crippen molar-refractivity contribution in [2.24, 2.45) is 5.92 Å². The van der Waals surface area contributed by atoms with E-state index in [0.717, 1.165) is 0 Å². The predicted octanol–water partition coefficient (Wildman–Crippen LogP) is 0.442. The van der Waals surface area contributed by atoms with Gasteiger partial charge in [-0.1, -0.05) is 11.6 Å². The average Bonchev–Trinajstić information content (AvgIpc) is 2.87. The average molecular weight is 314 g/mol. The first-order chi connectivity index (χ1) is 9.97. The maximum absolute atomic E-state index is 12.0. The van der Waals surface area contributed by atoms with Gasteiger partial charge in [-0.25, -0.2) is 14.8 Å². The lowest BCUT2D eigenvalue weighted by atomic mass is 10.1. The molecular weight excluding hydrogens is 302 g/mol. The number of hydrogen-bond donors (Lipinski definition) is 0. The second-order valence-corrected chi connectivity index (χ2v) is 4.67. The fraction of sp³-hybridized carbons (Fsp3) is 0.417. The van der Waals surface area contributed by atoms with Crippen molar-refractivity contribution in [3.8, 4) is 0 Å². The summed E-state index contributed by atoms with van der Waals surface area (Å²) in [5, 5.41) is -0.00434. The third kappa shape index (κ3) is 2.94. The molecule has 1 atom stereocenters. The van der Waals surface area contributed by atoms with E-state index >= 15 is 0 Å². The third-order valence-corrected chi connectivity index (χ3v) is 3.20. The van der Waals surface area contributed by atoms with Gasteiger partial charge in [0, 0.05) is 13.0 Å². The second kappa shape index (κ2) is 6.04. The van der Waals surface area contributed by atoms with Crippen LogP contribution in [0.25, 0.3) is 0 Å². The van der Waals surface area contributed by atoms with Crippen LogP contribution < -0.4 is 4.90 Å². The predicted molar refractivity (Wildman–Crippen MR) is 70.9 cm³/mol. The Hall–Kier alpha value is -2.22. The molecule has 1 unspecified atom stereocenters. The molecule has 8 nitrogen and oxygen atoms in total. The fourth-order valence-electron chi connectivity index (χ4n) is 2.03. The quantitative estimate of drug-likeness (QED) is 0.747. The smallest absolute Gasteiger partial charge is 0.360 e. The van der Waals surface area contributed by atoms with E-state index in [9.17, 15) is 14.4 Å². The molecule has 0 N–H and O–H groups in total. The minimum Gasteiger partial charge on any atom is -0.469 e. The van der Waals surface area contributed by atoms with Crippen molar-refractivity contribution < 1.29 is 23.9 Å². The molecule has 1 aliphatic heterocycles. The number of methoxy groups -OCH3 is 2. The van der Waals surface area contributed by atoms with Crippen LogP contribution in [-0.4, -0.2) is 48.6 Å². The van der Waals surface area contributed by atoms with E-state index in [-0.39, 0.29) is 35.5 Å². The zero-order valence-corrected chi connectivity index (χ0v) is 12.1. The lowest BCUT2D eigenvalue weighted by Gasteiger charge is -2.17. The molecule has 0 saturated carbocycles. The Kier molecular flexibility index (Phi) is 4.37. The van der Waals surface area contributed by atoms with Crippen molar-refractivity contribution in [2.45, 2.75) is 6.42 Å². The maximum atomic E-state index is 12.0. The Morgan fingerprint density at radius 1 is 1.38 bits per heavy atom. The minimum atomic E-state index is -0.769. The first-order valence-corrected chi connectivity index (χ1v) is 6.34. The van der Waals surface area contributed by atoms with E-state index in [4.69, 9.17) is 11.6 Å². The van der Waals surface area contributed by atoms with Gasteiger partial charge in [-0.3, -0.25) is 14.5 Å². The summed E-state index contributed by atoms with van der Waals surface area (Å²) in [6.45, 7) is 0.0613. The Morgan fingerprint density at radius 2 is 2.10 bits per heavy atom. The van der Waals surface area contributed by atoms with E-state index in [1.54, 1.807) is 0 Å². The molecule has 1 aliphatic rings. The van der Waals surface area contributed by atoms with E-state index < -0.39 is 17.9 Å². The highest BCUT2D eigenvalue weighted by atomic mass is 35.5. The van der Waals surface area contributed by atoms with Gasteiger partial charge in [0.2, 0.25) is 5.91 Å². The zero-order valence-electron chi connectivity index (χ0n) is 11.3. The third-order valence-electron chi connectivity index (χ3n) is 3.02. The van der Waals surface area contributed by atoms with E-state index in [1.807, 2.05) is 0 Å². The molecule has 0 bridgehead atoms. The molecule has 0 aromatic carbocycles. The molecule has 21 heavy (non-hydrogen) atoms. The summed E-state index contributed by atoms with van der Waals surface area (Å²) < 4.78 is 9.21. The minimum absolute atomic E-state index is 0.00434. The molecule has 2 rings (SSSR count). The van der Waals surface area contributed by atoms with Gasteiger partial charge in [0.05, 0.1) is 26.3 Å². The van der Waals surface area contributed by atoms with Crippen LogP contribution in [-0.2, 0) is 19.1 Å². The van der Waals surface area contributed by atoms with Crippen molar-refractivity contribution in [1.82, 2.24) is 9.97 Å². The van der Waals surface area contributed by atoms with Crippen molar-refractivity contribution in [1.29, 1.82) is 0 Å². The summed E-state index contributed by atoms with van der Waals surface area (Å²) in [5.74, 6) is -2.21. The van der Waals surface area contributed by atoms with Crippen molar-refractivity contribution in [2.75, 3.05) is 25.7 Å². The lowest BCUT2D eigenvalue weighted by molar-refractivity contribution is -0.145. The van der Waals surface area contributed by atoms with Gasteiger partial charge in [0.1, 0.15) is 5.15 Å². The van der Waals surface area contributed by atoms with Gasteiger partial charge in [-0.2, -0.15) is 0 Å². The van der Waals surface area contributed by atoms with Crippen LogP contribution in [0.5, 0.6) is 0 Å². The van der Waals surface area contributed by atoms with Crippen molar-refractivity contribution >= 4 is 35.3 Å². The van der Waals surface area contributed by atoms with Crippen molar-refractivity contribution in [3.05, 3.63) is 17.0 Å². The second-order valence-electron chi connectivity index (χ2n) is 4.29. The summed E-state index contributed by atoms with van der Waals surface area (Å²) in [6.07, 6.45) is 1.19. The summed E-state index contributed by atoms with van der Waals surface area (Å²) in [5.41, 5.74) is -0.177. The maximum Gasteiger partial charge on any atom is 0.360 e. The van der Waals surface area contributed by atoms with Gasteiger partial charge >= 0.3 is 11.9 Å². The number of ether oxygens (including phenoxy) is 2. The Balaban J connectivity index is 2.36. The monoisotopic (exact) mass is 313 g/mol. The molecule has 1 aromatic rings. The summed E-state index contributed by atoms with van der Waals surface area (Å²) in [4.78, 5) is 44.2. The zero-order chi connectivity index (χ0) is 15.6. The van der Waals surface area contributed by atoms with Crippen LogP contribution in [0.15, 0.2) is 6.20 Å². The fourth-order valence-corrected chi connectivity index (χ4v) is 2.16. The summed E-state index contributed by atoms with van der Waals surface area (Å²) in [6, 6.07) is 0. The number of rotatable bonds is 3. The normalized spacial score (nSPS) is 17.8. The summed E-state index contributed by atoms with van der Waals surface area (Å²) in [7, 11) is 2.43. The van der Waals surface area contributed by atoms with E-state index in [1.165, 1.54) is 25.3 Å². The van der Waals surface area contributed by atoms with Crippen LogP contribution in [0.2, 0.25) is 5.15 Å². The van der Waals surface area contributed by atoms with Crippen LogP contribution in [0.1, 0.15) is 16.9 Å². The molecule has 1 amide bonds. The van der Waals surface area contributed by atoms with Crippen LogP contribution in [0.4, 0.5) is 5.82 Å². The highest BCUT2D eigenvalue weighted by Gasteiger charge is 2.38. The van der Waals surface area contributed by atoms with Gasteiger partial charge in [0.15, 0.2) is 11.5 Å². The number of halogens is 1. The molecule has 1 aromatic heterocycles. The van der Waals surface area contributed by atoms with Gasteiger partial charge in [-0.05, 0) is 0 Å². The highest BCUT2D eigenvalue weighted by molar-refractivity contribution is 6.29. The Bertz CT molecular complexity index is 607. The molecule has 0 radical (unpaired) electrons. The molecule has 0 spiro atoms. The number of amides is 1. The standard InChI is InChI=1S/C12H12ClN3O5/c1-20-11(18)6-3-8(17)16(5-6)10-9(12(19)21-2)15-7(13)4-14-10/h4,6H,3,5H2,1-2H3. The van der Waals surface area contributed by atoms with Gasteiger partial charge in [-0.15, -0.1) is 0 Å². The highest BCUT2D eigenvalue weighted by Crippen LogP contribution is 2.27. The molecule has 2 heterocycles. The van der Waals surface area contributed by atoms with Crippen molar-refractivity contribution in [3.63, 3.8) is 0 Å². The molecule has 112 valence electrons. The number of carbonyl (C=O) groups is 3. The van der Waals surface area contributed by atoms with Crippen LogP contribution in [0.3, 0.4) is 0 Å². The van der Waals surface area contributed by atoms with Gasteiger partial charge < -0.3 is 9.47 Å². The number of hydrogen-bond acceptors (Lipinski definition) is 7. The van der Waals surface area contributed by atoms with Crippen LogP contribution in [0, 0.1) is 5.92 Å². The number of anilines is 1. The summed E-state index contributed by atoms with van der Waals surface area (Å²) >= 11 is 5.70. The van der Waals surface area contributed by atoms with Gasteiger partial charge in [0.25, 0.3) is 0 Å². The topological polar surface area (TPSA) is 98.7 Å². The van der Waals surface area contributed by atoms with E-state index in [2.05, 4.69) is 19.4 Å². The Labute approximate surface area is 125 Å². The Morgan fingerprint density at radius 3 is 2.71 bits per heavy atom. The SMILES string of the molecule is COC(=O)c1nc(Cl)cnc1N1CC(C(=O)OC)CC1=O. The first kappa shape index (κ1) is 15.2. The molecule has 1 saturated heterocycles. The van der Waals surface area contributed by atoms with E-state index in [0.29, 0.717) is 0 Å². The molecule has 1 fully saturated rings. The number of carbonyl (C=O) groups excluding carboxylic acids is 3. The number of esters is 2. The molecule has 9 heteroatoms.